The van der Waals surface area contributed by atoms with Crippen molar-refractivity contribution in [3.63, 3.8) is 0 Å². The predicted molar refractivity (Wildman–Crippen MR) is 143 cm³/mol. The van der Waals surface area contributed by atoms with Crippen LogP contribution in [-0.2, 0) is 16.6 Å². The smallest absolute Gasteiger partial charge is 0.228 e. The Kier molecular flexibility index (Phi) is 6.74. The van der Waals surface area contributed by atoms with Gasteiger partial charge in [-0.05, 0) is 89.9 Å². The van der Waals surface area contributed by atoms with Crippen LogP contribution in [0.1, 0.15) is 80.5 Å². The summed E-state index contributed by atoms with van der Waals surface area (Å²) in [6, 6.07) is 15.7. The van der Waals surface area contributed by atoms with Crippen molar-refractivity contribution in [3.05, 3.63) is 63.9 Å². The number of likely N-dealkylation sites (tertiary alicyclic amines) is 1. The molecule has 1 amide bonds. The first-order chi connectivity index (χ1) is 17.2. The van der Waals surface area contributed by atoms with Crippen LogP contribution in [0, 0.1) is 11.8 Å². The highest BCUT2D eigenvalue weighted by Gasteiger charge is 2.52. The Morgan fingerprint density at radius 1 is 1.03 bits per heavy atom. The Bertz CT molecular complexity index is 1050. The first-order valence-electron chi connectivity index (χ1n) is 13.9. The van der Waals surface area contributed by atoms with Crippen LogP contribution in [0.2, 0.25) is 0 Å². The van der Waals surface area contributed by atoms with E-state index in [1.165, 1.54) is 48.9 Å². The fraction of sp³-hybridized carbons (Fsp3) is 0.600. The minimum absolute atomic E-state index is 0.0175. The zero-order valence-corrected chi connectivity index (χ0v) is 22.3. The van der Waals surface area contributed by atoms with Crippen molar-refractivity contribution < 1.29 is 4.79 Å². The Morgan fingerprint density at radius 3 is 2.69 bits per heavy atom. The van der Waals surface area contributed by atoms with Gasteiger partial charge < -0.3 is 10.2 Å². The third kappa shape index (κ3) is 4.37. The topological polar surface area (TPSA) is 45.2 Å². The molecule has 35 heavy (non-hydrogen) atoms. The van der Waals surface area contributed by atoms with Gasteiger partial charge in [0.05, 0.1) is 5.92 Å². The zero-order valence-electron chi connectivity index (χ0n) is 20.7. The van der Waals surface area contributed by atoms with Crippen LogP contribution in [0.15, 0.2) is 47.1 Å². The van der Waals surface area contributed by atoms with E-state index in [1.54, 1.807) is 0 Å². The molecule has 3 fully saturated rings. The number of hydrogen-bond donors (Lipinski definition) is 1. The number of aromatic nitrogens is 1. The molecular weight excluding hydrogens is 498 g/mol. The standard InChI is InChI=1S/C30H38BrN3O/c31-28-14-13-24-26(33-28)12-7-16-30(24)20-32-19-25(30)29(35)34-17-15-23(21-8-3-1-4-9-21)18-27(34)22-10-5-2-6-11-22/h1,3-4,8-9,13-14,22-23,25,27,32H,2,5-7,10-12,15-20H2. The average Bonchev–Trinajstić information content (AvgIpc) is 3.32. The van der Waals surface area contributed by atoms with Gasteiger partial charge in [0, 0.05) is 36.8 Å². The Morgan fingerprint density at radius 2 is 1.86 bits per heavy atom. The number of nitrogens with zero attached hydrogens (tertiary/aromatic N) is 2. The van der Waals surface area contributed by atoms with E-state index in [1.807, 2.05) is 0 Å². The van der Waals surface area contributed by atoms with E-state index in [2.05, 4.69) is 68.6 Å². The first kappa shape index (κ1) is 23.7. The van der Waals surface area contributed by atoms with Crippen LogP contribution >= 0.6 is 15.9 Å². The minimum Gasteiger partial charge on any atom is -0.339 e. The SMILES string of the molecule is O=C(C1CNCC12CCCc1nc(Br)ccc12)N1CCC(c2ccccc2)CC1C1CCCCC1. The number of nitrogens with one attached hydrogen (secondary N) is 1. The number of amides is 1. The number of benzene rings is 1. The summed E-state index contributed by atoms with van der Waals surface area (Å²) in [5.41, 5.74) is 3.87. The van der Waals surface area contributed by atoms with Gasteiger partial charge in [-0.1, -0.05) is 55.7 Å². The molecule has 0 bridgehead atoms. The summed E-state index contributed by atoms with van der Waals surface area (Å²) in [6.07, 6.45) is 12.0. The Balaban J connectivity index is 1.30. The zero-order chi connectivity index (χ0) is 23.8. The largest absolute Gasteiger partial charge is 0.339 e. The van der Waals surface area contributed by atoms with E-state index in [-0.39, 0.29) is 11.3 Å². The molecule has 6 rings (SSSR count). The molecule has 2 aliphatic carbocycles. The third-order valence-corrected chi connectivity index (χ3v) is 10.1. The van der Waals surface area contributed by atoms with Crippen molar-refractivity contribution in [2.24, 2.45) is 11.8 Å². The van der Waals surface area contributed by atoms with E-state index in [4.69, 9.17) is 4.98 Å². The third-order valence-electron chi connectivity index (χ3n) is 9.66. The highest BCUT2D eigenvalue weighted by molar-refractivity contribution is 9.10. The maximum atomic E-state index is 14.5. The van der Waals surface area contributed by atoms with E-state index in [9.17, 15) is 4.79 Å². The van der Waals surface area contributed by atoms with Crippen molar-refractivity contribution in [2.75, 3.05) is 19.6 Å². The molecule has 4 aliphatic rings. The molecule has 1 aromatic heterocycles. The maximum absolute atomic E-state index is 14.5. The predicted octanol–water partition coefficient (Wildman–Crippen LogP) is 5.99. The van der Waals surface area contributed by atoms with Gasteiger partial charge in [0.1, 0.15) is 4.60 Å². The second kappa shape index (κ2) is 9.97. The summed E-state index contributed by atoms with van der Waals surface area (Å²) in [6.45, 7) is 2.59. The van der Waals surface area contributed by atoms with E-state index < -0.39 is 0 Å². The van der Waals surface area contributed by atoms with Gasteiger partial charge in [0.25, 0.3) is 0 Å². The van der Waals surface area contributed by atoms with Crippen LogP contribution in [-0.4, -0.2) is 41.5 Å². The normalized spacial score (nSPS) is 31.5. The van der Waals surface area contributed by atoms with Crippen LogP contribution < -0.4 is 5.32 Å². The molecule has 1 aromatic carbocycles. The second-order valence-corrected chi connectivity index (χ2v) is 12.3. The summed E-state index contributed by atoms with van der Waals surface area (Å²) >= 11 is 3.57. The van der Waals surface area contributed by atoms with Crippen molar-refractivity contribution in [1.82, 2.24) is 15.2 Å². The van der Waals surface area contributed by atoms with E-state index in [0.29, 0.717) is 23.8 Å². The summed E-state index contributed by atoms with van der Waals surface area (Å²) in [5, 5.41) is 3.65. The molecule has 3 heterocycles. The summed E-state index contributed by atoms with van der Waals surface area (Å²) in [5.74, 6) is 1.65. The lowest BCUT2D eigenvalue weighted by molar-refractivity contribution is -0.143. The number of carbonyl (C=O) groups is 1. The number of pyridine rings is 1. The van der Waals surface area contributed by atoms with Crippen LogP contribution in [0.25, 0.3) is 0 Å². The number of carbonyl (C=O) groups excluding carboxylic acids is 1. The van der Waals surface area contributed by atoms with Gasteiger partial charge >= 0.3 is 0 Å². The maximum Gasteiger partial charge on any atom is 0.228 e. The van der Waals surface area contributed by atoms with Crippen molar-refractivity contribution in [3.8, 4) is 0 Å². The number of rotatable bonds is 3. The summed E-state index contributed by atoms with van der Waals surface area (Å²) < 4.78 is 0.905. The molecule has 1 N–H and O–H groups in total. The highest BCUT2D eigenvalue weighted by atomic mass is 79.9. The van der Waals surface area contributed by atoms with Crippen molar-refractivity contribution in [2.45, 2.75) is 81.6 Å². The number of fused-ring (bicyclic) bond motifs is 2. The summed E-state index contributed by atoms with van der Waals surface area (Å²) in [4.78, 5) is 21.7. The molecule has 5 heteroatoms. The number of hydrogen-bond acceptors (Lipinski definition) is 3. The number of aryl methyl sites for hydroxylation is 1. The number of halogens is 1. The highest BCUT2D eigenvalue weighted by Crippen LogP contribution is 2.47. The molecule has 0 radical (unpaired) electrons. The number of piperidine rings is 1. The molecule has 4 atom stereocenters. The quantitative estimate of drug-likeness (QED) is 0.490. The molecule has 1 spiro atoms. The van der Waals surface area contributed by atoms with E-state index >= 15 is 0 Å². The fourth-order valence-corrected chi connectivity index (χ4v) is 8.26. The molecule has 4 unspecified atom stereocenters. The van der Waals surface area contributed by atoms with Crippen LogP contribution in [0.3, 0.4) is 0 Å². The van der Waals surface area contributed by atoms with Crippen LogP contribution in [0.4, 0.5) is 0 Å². The molecule has 186 valence electrons. The lowest BCUT2D eigenvalue weighted by Gasteiger charge is -2.48. The molecular formula is C30H38BrN3O. The van der Waals surface area contributed by atoms with E-state index in [0.717, 1.165) is 56.3 Å². The molecule has 4 nitrogen and oxygen atoms in total. The first-order valence-corrected chi connectivity index (χ1v) is 14.7. The van der Waals surface area contributed by atoms with Crippen molar-refractivity contribution in [1.29, 1.82) is 0 Å². The second-order valence-electron chi connectivity index (χ2n) is 11.5. The van der Waals surface area contributed by atoms with Gasteiger partial charge in [-0.25, -0.2) is 4.98 Å². The minimum atomic E-state index is -0.105. The molecule has 2 saturated heterocycles. The Labute approximate surface area is 218 Å². The van der Waals surface area contributed by atoms with Gasteiger partial charge in [0.2, 0.25) is 5.91 Å². The van der Waals surface area contributed by atoms with Gasteiger partial charge in [-0.15, -0.1) is 0 Å². The fourth-order valence-electron chi connectivity index (χ4n) is 7.92. The lowest BCUT2D eigenvalue weighted by Crippen LogP contribution is -2.55. The van der Waals surface area contributed by atoms with Gasteiger partial charge in [-0.2, -0.15) is 0 Å². The van der Waals surface area contributed by atoms with Crippen molar-refractivity contribution >= 4 is 21.8 Å². The van der Waals surface area contributed by atoms with Gasteiger partial charge in [0.15, 0.2) is 0 Å². The molecule has 2 aromatic rings. The monoisotopic (exact) mass is 535 g/mol. The molecule has 2 aliphatic heterocycles. The Hall–Kier alpha value is -1.72. The summed E-state index contributed by atoms with van der Waals surface area (Å²) in [7, 11) is 0. The van der Waals surface area contributed by atoms with Gasteiger partial charge in [-0.3, -0.25) is 4.79 Å². The average molecular weight is 537 g/mol. The van der Waals surface area contributed by atoms with Crippen LogP contribution in [0.5, 0.6) is 0 Å². The lowest BCUT2D eigenvalue weighted by atomic mass is 9.64. The molecule has 1 saturated carbocycles.